The third kappa shape index (κ3) is 6.99. The van der Waals surface area contributed by atoms with Crippen LogP contribution in [0.2, 0.25) is 0 Å². The number of hydrogen-bond donors (Lipinski definition) is 1. The highest BCUT2D eigenvalue weighted by molar-refractivity contribution is 4.59. The quantitative estimate of drug-likeness (QED) is 0.621. The van der Waals surface area contributed by atoms with E-state index in [2.05, 4.69) is 18.7 Å². The standard InChI is InChI=1S/C10H23NO2/c1-4-11(5-2)8-7-10(12)9-13-6-3/h10,12H,4-9H2,1-3H3. The summed E-state index contributed by atoms with van der Waals surface area (Å²) in [5.41, 5.74) is 0. The van der Waals surface area contributed by atoms with Crippen molar-refractivity contribution in [2.24, 2.45) is 0 Å². The van der Waals surface area contributed by atoms with Crippen molar-refractivity contribution in [1.82, 2.24) is 4.90 Å². The Bertz CT molecular complexity index is 105. The van der Waals surface area contributed by atoms with Crippen LogP contribution in [-0.4, -0.2) is 49.0 Å². The van der Waals surface area contributed by atoms with Gasteiger partial charge in [0, 0.05) is 13.2 Å². The van der Waals surface area contributed by atoms with Gasteiger partial charge < -0.3 is 14.7 Å². The van der Waals surface area contributed by atoms with Crippen molar-refractivity contribution < 1.29 is 9.84 Å². The van der Waals surface area contributed by atoms with Gasteiger partial charge in [-0.2, -0.15) is 0 Å². The van der Waals surface area contributed by atoms with Gasteiger partial charge >= 0.3 is 0 Å². The van der Waals surface area contributed by atoms with Gasteiger partial charge in [0.1, 0.15) is 0 Å². The number of ether oxygens (including phenoxy) is 1. The average Bonchev–Trinajstić information content (AvgIpc) is 2.16. The molecule has 0 aliphatic carbocycles. The minimum Gasteiger partial charge on any atom is -0.391 e. The molecule has 0 aliphatic rings. The van der Waals surface area contributed by atoms with Gasteiger partial charge in [0.25, 0.3) is 0 Å². The van der Waals surface area contributed by atoms with Gasteiger partial charge in [-0.15, -0.1) is 0 Å². The van der Waals surface area contributed by atoms with Gasteiger partial charge in [-0.25, -0.2) is 0 Å². The molecule has 0 fully saturated rings. The molecule has 0 aliphatic heterocycles. The lowest BCUT2D eigenvalue weighted by molar-refractivity contribution is 0.0329. The topological polar surface area (TPSA) is 32.7 Å². The number of aliphatic hydroxyl groups is 1. The summed E-state index contributed by atoms with van der Waals surface area (Å²) in [5.74, 6) is 0. The smallest absolute Gasteiger partial charge is 0.0785 e. The lowest BCUT2D eigenvalue weighted by Gasteiger charge is -2.19. The summed E-state index contributed by atoms with van der Waals surface area (Å²) >= 11 is 0. The van der Waals surface area contributed by atoms with Crippen LogP contribution >= 0.6 is 0 Å². The van der Waals surface area contributed by atoms with E-state index in [0.717, 1.165) is 26.1 Å². The van der Waals surface area contributed by atoms with E-state index in [1.165, 1.54) is 0 Å². The van der Waals surface area contributed by atoms with E-state index >= 15 is 0 Å². The third-order valence-electron chi connectivity index (χ3n) is 2.19. The molecular formula is C10H23NO2. The lowest BCUT2D eigenvalue weighted by atomic mass is 10.2. The lowest BCUT2D eigenvalue weighted by Crippen LogP contribution is -2.28. The van der Waals surface area contributed by atoms with Gasteiger partial charge in [-0.1, -0.05) is 13.8 Å². The van der Waals surface area contributed by atoms with Crippen LogP contribution in [-0.2, 0) is 4.74 Å². The Morgan fingerprint density at radius 3 is 2.31 bits per heavy atom. The Labute approximate surface area is 81.7 Å². The van der Waals surface area contributed by atoms with Crippen LogP contribution in [0.15, 0.2) is 0 Å². The Kier molecular flexibility index (Phi) is 8.40. The van der Waals surface area contributed by atoms with E-state index in [0.29, 0.717) is 13.2 Å². The fraction of sp³-hybridized carbons (Fsp3) is 1.00. The zero-order chi connectivity index (χ0) is 10.1. The minimum absolute atomic E-state index is 0.305. The zero-order valence-electron chi connectivity index (χ0n) is 9.12. The fourth-order valence-electron chi connectivity index (χ4n) is 1.21. The van der Waals surface area contributed by atoms with Crippen molar-refractivity contribution in [2.75, 3.05) is 32.8 Å². The predicted octanol–water partition coefficient (Wildman–Crippen LogP) is 1.12. The number of hydrogen-bond acceptors (Lipinski definition) is 3. The number of rotatable bonds is 8. The number of nitrogens with zero attached hydrogens (tertiary/aromatic N) is 1. The maximum atomic E-state index is 9.47. The van der Waals surface area contributed by atoms with Crippen LogP contribution in [0.4, 0.5) is 0 Å². The Hall–Kier alpha value is -0.120. The van der Waals surface area contributed by atoms with Gasteiger partial charge in [0.15, 0.2) is 0 Å². The van der Waals surface area contributed by atoms with Crippen molar-refractivity contribution in [3.63, 3.8) is 0 Å². The Morgan fingerprint density at radius 2 is 1.85 bits per heavy atom. The highest BCUT2D eigenvalue weighted by Gasteiger charge is 2.06. The average molecular weight is 189 g/mol. The predicted molar refractivity (Wildman–Crippen MR) is 54.9 cm³/mol. The van der Waals surface area contributed by atoms with Gasteiger partial charge in [0.05, 0.1) is 12.7 Å². The Morgan fingerprint density at radius 1 is 1.23 bits per heavy atom. The van der Waals surface area contributed by atoms with Crippen LogP contribution in [0.3, 0.4) is 0 Å². The number of aliphatic hydroxyl groups excluding tert-OH is 1. The highest BCUT2D eigenvalue weighted by Crippen LogP contribution is 1.96. The molecule has 3 nitrogen and oxygen atoms in total. The SMILES string of the molecule is CCOCC(O)CCN(CC)CC. The normalized spacial score (nSPS) is 13.6. The molecule has 3 heteroatoms. The summed E-state index contributed by atoms with van der Waals surface area (Å²) in [7, 11) is 0. The first-order valence-corrected chi connectivity index (χ1v) is 5.22. The molecule has 0 saturated carbocycles. The molecule has 0 aromatic carbocycles. The van der Waals surface area contributed by atoms with Gasteiger partial charge in [-0.3, -0.25) is 0 Å². The summed E-state index contributed by atoms with van der Waals surface area (Å²) in [5, 5.41) is 9.47. The van der Waals surface area contributed by atoms with Crippen LogP contribution in [0.1, 0.15) is 27.2 Å². The summed E-state index contributed by atoms with van der Waals surface area (Å²) in [6, 6.07) is 0. The van der Waals surface area contributed by atoms with Gasteiger partial charge in [-0.05, 0) is 26.4 Å². The maximum absolute atomic E-state index is 9.47. The zero-order valence-corrected chi connectivity index (χ0v) is 9.12. The molecule has 0 rings (SSSR count). The van der Waals surface area contributed by atoms with Crippen LogP contribution in [0.5, 0.6) is 0 Å². The van der Waals surface area contributed by atoms with E-state index in [9.17, 15) is 5.11 Å². The molecule has 13 heavy (non-hydrogen) atoms. The molecule has 1 atom stereocenters. The highest BCUT2D eigenvalue weighted by atomic mass is 16.5. The maximum Gasteiger partial charge on any atom is 0.0785 e. The van der Waals surface area contributed by atoms with E-state index in [-0.39, 0.29) is 6.10 Å². The summed E-state index contributed by atoms with van der Waals surface area (Å²) < 4.78 is 5.13. The van der Waals surface area contributed by atoms with Crippen LogP contribution in [0, 0.1) is 0 Å². The minimum atomic E-state index is -0.305. The van der Waals surface area contributed by atoms with Crippen LogP contribution < -0.4 is 0 Å². The van der Waals surface area contributed by atoms with E-state index in [4.69, 9.17) is 4.74 Å². The first kappa shape index (κ1) is 12.9. The van der Waals surface area contributed by atoms with Crippen LogP contribution in [0.25, 0.3) is 0 Å². The third-order valence-corrected chi connectivity index (χ3v) is 2.19. The molecule has 0 aromatic rings. The molecule has 0 saturated heterocycles. The molecular weight excluding hydrogens is 166 g/mol. The fourth-order valence-corrected chi connectivity index (χ4v) is 1.21. The largest absolute Gasteiger partial charge is 0.391 e. The van der Waals surface area contributed by atoms with Crippen molar-refractivity contribution in [1.29, 1.82) is 0 Å². The summed E-state index contributed by atoms with van der Waals surface area (Å²) in [4.78, 5) is 2.30. The molecule has 0 aromatic heterocycles. The second-order valence-corrected chi connectivity index (χ2v) is 3.13. The molecule has 1 unspecified atom stereocenters. The monoisotopic (exact) mass is 189 g/mol. The first-order valence-electron chi connectivity index (χ1n) is 5.22. The van der Waals surface area contributed by atoms with Crippen molar-refractivity contribution in [3.8, 4) is 0 Å². The van der Waals surface area contributed by atoms with E-state index in [1.807, 2.05) is 6.92 Å². The second-order valence-electron chi connectivity index (χ2n) is 3.13. The summed E-state index contributed by atoms with van der Waals surface area (Å²) in [6.07, 6.45) is 0.502. The molecule has 1 N–H and O–H groups in total. The first-order chi connectivity index (χ1) is 6.24. The van der Waals surface area contributed by atoms with Crippen molar-refractivity contribution in [3.05, 3.63) is 0 Å². The van der Waals surface area contributed by atoms with E-state index in [1.54, 1.807) is 0 Å². The molecule has 0 bridgehead atoms. The van der Waals surface area contributed by atoms with Crippen molar-refractivity contribution in [2.45, 2.75) is 33.3 Å². The molecule has 0 amide bonds. The van der Waals surface area contributed by atoms with Crippen molar-refractivity contribution >= 4 is 0 Å². The summed E-state index contributed by atoms with van der Waals surface area (Å²) in [6.45, 7) is 10.4. The molecule has 0 spiro atoms. The molecule has 80 valence electrons. The Balaban J connectivity index is 3.38. The van der Waals surface area contributed by atoms with Gasteiger partial charge in [0.2, 0.25) is 0 Å². The van der Waals surface area contributed by atoms with E-state index < -0.39 is 0 Å². The second kappa shape index (κ2) is 8.48. The molecule has 0 radical (unpaired) electrons. The molecule has 0 heterocycles.